The molecule has 2 heterocycles. The molecule has 1 aromatic heterocycles. The van der Waals surface area contributed by atoms with Crippen molar-refractivity contribution in [2.45, 2.75) is 6.04 Å². The number of para-hydroxylation sites is 1. The first-order valence-electron chi connectivity index (χ1n) is 7.50. The van der Waals surface area contributed by atoms with Crippen LogP contribution in [0.1, 0.15) is 11.7 Å². The molecule has 1 atom stereocenters. The van der Waals surface area contributed by atoms with Gasteiger partial charge in [-0.15, -0.1) is 0 Å². The zero-order valence-electron chi connectivity index (χ0n) is 12.5. The SMILES string of the molecule is Cn1cncc1C(CN)N1CCN(c2ccccc2)CC1. The fourth-order valence-electron chi connectivity index (χ4n) is 3.08. The van der Waals surface area contributed by atoms with Crippen molar-refractivity contribution in [2.24, 2.45) is 12.8 Å². The number of anilines is 1. The summed E-state index contributed by atoms with van der Waals surface area (Å²) < 4.78 is 2.07. The molecule has 1 fully saturated rings. The average molecular weight is 285 g/mol. The first-order chi connectivity index (χ1) is 10.3. The number of rotatable bonds is 4. The van der Waals surface area contributed by atoms with Crippen molar-refractivity contribution in [2.75, 3.05) is 37.6 Å². The molecule has 0 radical (unpaired) electrons. The third-order valence-electron chi connectivity index (χ3n) is 4.29. The summed E-state index contributed by atoms with van der Waals surface area (Å²) in [5, 5.41) is 0. The zero-order chi connectivity index (χ0) is 14.7. The Morgan fingerprint density at radius 2 is 1.86 bits per heavy atom. The molecule has 0 bridgehead atoms. The standard InChI is InChI=1S/C16H23N5/c1-19-13-18-12-16(19)15(11-17)21-9-7-20(8-10-21)14-5-3-2-4-6-14/h2-6,12-13,15H,7-11,17H2,1H3. The number of nitrogens with two attached hydrogens (primary N) is 1. The smallest absolute Gasteiger partial charge is 0.0946 e. The first kappa shape index (κ1) is 14.1. The van der Waals surface area contributed by atoms with E-state index in [1.165, 1.54) is 11.4 Å². The number of hydrogen-bond donors (Lipinski definition) is 1. The molecule has 1 unspecified atom stereocenters. The number of nitrogens with zero attached hydrogens (tertiary/aromatic N) is 4. The normalized spacial score (nSPS) is 17.9. The Bertz CT molecular complexity index is 557. The van der Waals surface area contributed by atoms with Crippen LogP contribution in [0.25, 0.3) is 0 Å². The molecule has 5 heteroatoms. The Kier molecular flexibility index (Phi) is 4.22. The molecule has 21 heavy (non-hydrogen) atoms. The molecule has 2 N–H and O–H groups in total. The van der Waals surface area contributed by atoms with Crippen LogP contribution in [0.2, 0.25) is 0 Å². The Labute approximate surface area is 126 Å². The van der Waals surface area contributed by atoms with Crippen molar-refractivity contribution < 1.29 is 0 Å². The van der Waals surface area contributed by atoms with E-state index in [1.54, 1.807) is 0 Å². The van der Waals surface area contributed by atoms with Gasteiger partial charge in [0.25, 0.3) is 0 Å². The summed E-state index contributed by atoms with van der Waals surface area (Å²) in [4.78, 5) is 9.12. The molecule has 1 aliphatic rings. The second-order valence-electron chi connectivity index (χ2n) is 5.54. The second kappa shape index (κ2) is 6.28. The van der Waals surface area contributed by atoms with E-state index in [1.807, 2.05) is 19.6 Å². The molecule has 3 rings (SSSR count). The van der Waals surface area contributed by atoms with Crippen LogP contribution in [0.3, 0.4) is 0 Å². The van der Waals surface area contributed by atoms with Gasteiger partial charge in [0, 0.05) is 51.7 Å². The highest BCUT2D eigenvalue weighted by atomic mass is 15.3. The lowest BCUT2D eigenvalue weighted by molar-refractivity contribution is 0.184. The second-order valence-corrected chi connectivity index (χ2v) is 5.54. The number of imidazole rings is 1. The van der Waals surface area contributed by atoms with Gasteiger partial charge in [0.15, 0.2) is 0 Å². The topological polar surface area (TPSA) is 50.3 Å². The summed E-state index contributed by atoms with van der Waals surface area (Å²) in [5.74, 6) is 0. The van der Waals surface area contributed by atoms with E-state index >= 15 is 0 Å². The van der Waals surface area contributed by atoms with E-state index < -0.39 is 0 Å². The predicted molar refractivity (Wildman–Crippen MR) is 85.2 cm³/mol. The van der Waals surface area contributed by atoms with E-state index in [0.29, 0.717) is 6.54 Å². The lowest BCUT2D eigenvalue weighted by Gasteiger charge is -2.39. The molecule has 0 aliphatic carbocycles. The van der Waals surface area contributed by atoms with Crippen molar-refractivity contribution in [3.05, 3.63) is 48.5 Å². The molecule has 0 amide bonds. The Morgan fingerprint density at radius 1 is 1.14 bits per heavy atom. The lowest BCUT2D eigenvalue weighted by Crippen LogP contribution is -2.49. The van der Waals surface area contributed by atoms with Gasteiger partial charge in [-0.3, -0.25) is 4.90 Å². The molecule has 1 aromatic carbocycles. The van der Waals surface area contributed by atoms with Crippen molar-refractivity contribution in [1.29, 1.82) is 0 Å². The number of aryl methyl sites for hydroxylation is 1. The molecule has 2 aromatic rings. The van der Waals surface area contributed by atoms with Crippen LogP contribution in [0.5, 0.6) is 0 Å². The van der Waals surface area contributed by atoms with Gasteiger partial charge in [-0.25, -0.2) is 4.98 Å². The average Bonchev–Trinajstić information content (AvgIpc) is 2.96. The molecular weight excluding hydrogens is 262 g/mol. The summed E-state index contributed by atoms with van der Waals surface area (Å²) in [7, 11) is 2.03. The maximum atomic E-state index is 6.01. The van der Waals surface area contributed by atoms with Crippen LogP contribution in [0, 0.1) is 0 Å². The Hall–Kier alpha value is -1.85. The molecule has 0 spiro atoms. The van der Waals surface area contributed by atoms with Gasteiger partial charge >= 0.3 is 0 Å². The summed E-state index contributed by atoms with van der Waals surface area (Å²) in [6.45, 7) is 4.77. The monoisotopic (exact) mass is 285 g/mol. The van der Waals surface area contributed by atoms with Gasteiger partial charge in [0.2, 0.25) is 0 Å². The minimum absolute atomic E-state index is 0.260. The van der Waals surface area contributed by atoms with Crippen LogP contribution in [0.15, 0.2) is 42.9 Å². The predicted octanol–water partition coefficient (Wildman–Crippen LogP) is 1.24. The quantitative estimate of drug-likeness (QED) is 0.918. The van der Waals surface area contributed by atoms with Crippen LogP contribution < -0.4 is 10.6 Å². The van der Waals surface area contributed by atoms with Crippen LogP contribution >= 0.6 is 0 Å². The highest BCUT2D eigenvalue weighted by Gasteiger charge is 2.25. The molecule has 112 valence electrons. The van der Waals surface area contributed by atoms with Gasteiger partial charge in [-0.2, -0.15) is 0 Å². The van der Waals surface area contributed by atoms with Gasteiger partial charge in [-0.1, -0.05) is 18.2 Å². The van der Waals surface area contributed by atoms with Gasteiger partial charge in [0.05, 0.1) is 18.1 Å². The Balaban J connectivity index is 1.66. The molecule has 1 saturated heterocycles. The van der Waals surface area contributed by atoms with E-state index in [2.05, 4.69) is 49.7 Å². The minimum atomic E-state index is 0.260. The fraction of sp³-hybridized carbons (Fsp3) is 0.438. The van der Waals surface area contributed by atoms with E-state index in [9.17, 15) is 0 Å². The van der Waals surface area contributed by atoms with Crippen molar-refractivity contribution in [3.63, 3.8) is 0 Å². The van der Waals surface area contributed by atoms with Crippen LogP contribution in [-0.2, 0) is 7.05 Å². The van der Waals surface area contributed by atoms with E-state index in [4.69, 9.17) is 5.73 Å². The Morgan fingerprint density at radius 3 is 2.43 bits per heavy atom. The van der Waals surface area contributed by atoms with Gasteiger partial charge in [-0.05, 0) is 12.1 Å². The summed E-state index contributed by atoms with van der Waals surface area (Å²) in [6.07, 6.45) is 3.78. The summed E-state index contributed by atoms with van der Waals surface area (Å²) in [5.41, 5.74) is 8.52. The summed E-state index contributed by atoms with van der Waals surface area (Å²) >= 11 is 0. The minimum Gasteiger partial charge on any atom is -0.369 e. The van der Waals surface area contributed by atoms with E-state index in [0.717, 1.165) is 26.2 Å². The van der Waals surface area contributed by atoms with Crippen LogP contribution in [0.4, 0.5) is 5.69 Å². The van der Waals surface area contributed by atoms with Crippen molar-refractivity contribution in [3.8, 4) is 0 Å². The van der Waals surface area contributed by atoms with E-state index in [-0.39, 0.29) is 6.04 Å². The number of hydrogen-bond acceptors (Lipinski definition) is 4. The highest BCUT2D eigenvalue weighted by Crippen LogP contribution is 2.22. The third kappa shape index (κ3) is 2.94. The highest BCUT2D eigenvalue weighted by molar-refractivity contribution is 5.46. The fourth-order valence-corrected chi connectivity index (χ4v) is 3.08. The number of aromatic nitrogens is 2. The largest absolute Gasteiger partial charge is 0.369 e. The van der Waals surface area contributed by atoms with Crippen molar-refractivity contribution in [1.82, 2.24) is 14.5 Å². The molecular formula is C16H23N5. The zero-order valence-corrected chi connectivity index (χ0v) is 12.5. The molecule has 1 aliphatic heterocycles. The first-order valence-corrected chi connectivity index (χ1v) is 7.50. The van der Waals surface area contributed by atoms with Gasteiger partial charge < -0.3 is 15.2 Å². The van der Waals surface area contributed by atoms with Crippen molar-refractivity contribution >= 4 is 5.69 Å². The lowest BCUT2D eigenvalue weighted by atomic mass is 10.1. The third-order valence-corrected chi connectivity index (χ3v) is 4.29. The summed E-state index contributed by atoms with van der Waals surface area (Å²) in [6, 6.07) is 10.9. The molecule has 0 saturated carbocycles. The van der Waals surface area contributed by atoms with Gasteiger partial charge in [0.1, 0.15) is 0 Å². The maximum absolute atomic E-state index is 6.01. The molecule has 5 nitrogen and oxygen atoms in total. The maximum Gasteiger partial charge on any atom is 0.0946 e. The van der Waals surface area contributed by atoms with Crippen LogP contribution in [-0.4, -0.2) is 47.2 Å². The number of piperazine rings is 1. The number of benzene rings is 1.